The lowest BCUT2D eigenvalue weighted by molar-refractivity contribution is 0.470. The third kappa shape index (κ3) is 1.04. The third-order valence-electron chi connectivity index (χ3n) is 2.35. The zero-order valence-electron chi connectivity index (χ0n) is 7.39. The summed E-state index contributed by atoms with van der Waals surface area (Å²) < 4.78 is 0. The maximum atomic E-state index is 9.44. The van der Waals surface area contributed by atoms with Gasteiger partial charge in [0, 0.05) is 11.7 Å². The second-order valence-corrected chi connectivity index (χ2v) is 3.55. The lowest BCUT2D eigenvalue weighted by atomic mass is 10.1. The molecule has 1 aliphatic rings. The second-order valence-electron chi connectivity index (χ2n) is 3.55. The van der Waals surface area contributed by atoms with E-state index in [9.17, 15) is 5.11 Å². The van der Waals surface area contributed by atoms with E-state index in [1.807, 2.05) is 19.1 Å². The fourth-order valence-electron chi connectivity index (χ4n) is 1.69. The van der Waals surface area contributed by atoms with Gasteiger partial charge in [-0.05, 0) is 43.5 Å². The maximum Gasteiger partial charge on any atom is 0.118 e. The van der Waals surface area contributed by atoms with Crippen LogP contribution in [0.15, 0.2) is 12.1 Å². The summed E-state index contributed by atoms with van der Waals surface area (Å²) in [6.07, 6.45) is 1.02. The Kier molecular flexibility index (Phi) is 1.50. The van der Waals surface area contributed by atoms with E-state index in [0.29, 0.717) is 11.8 Å². The van der Waals surface area contributed by atoms with Crippen molar-refractivity contribution in [2.45, 2.75) is 26.3 Å². The number of rotatable bonds is 0. The molecule has 64 valence electrons. The third-order valence-corrected chi connectivity index (χ3v) is 2.35. The molecule has 1 aromatic carbocycles. The van der Waals surface area contributed by atoms with E-state index in [-0.39, 0.29) is 0 Å². The molecule has 0 amide bonds. The van der Waals surface area contributed by atoms with Crippen molar-refractivity contribution in [2.24, 2.45) is 0 Å². The van der Waals surface area contributed by atoms with Gasteiger partial charge in [0.2, 0.25) is 0 Å². The molecular formula is C10H13NO. The first-order valence-electron chi connectivity index (χ1n) is 4.26. The molecule has 1 aliphatic heterocycles. The normalized spacial score (nSPS) is 20.3. The average Bonchev–Trinajstić information content (AvgIpc) is 2.30. The topological polar surface area (TPSA) is 32.3 Å². The average molecular weight is 163 g/mol. The monoisotopic (exact) mass is 163 g/mol. The molecule has 0 saturated heterocycles. The smallest absolute Gasteiger partial charge is 0.118 e. The molecule has 1 atom stereocenters. The molecule has 0 aliphatic carbocycles. The summed E-state index contributed by atoms with van der Waals surface area (Å²) in [7, 11) is 0. The molecule has 2 N–H and O–H groups in total. The molecule has 0 bridgehead atoms. The number of aromatic hydroxyl groups is 1. The quantitative estimate of drug-likeness (QED) is 0.574. The SMILES string of the molecule is Cc1cc2c(cc1O)CC(C)N2. The highest BCUT2D eigenvalue weighted by Crippen LogP contribution is 2.31. The van der Waals surface area contributed by atoms with Crippen LogP contribution in [0.1, 0.15) is 18.1 Å². The number of nitrogens with one attached hydrogen (secondary N) is 1. The van der Waals surface area contributed by atoms with Crippen molar-refractivity contribution in [3.8, 4) is 5.75 Å². The number of hydrogen-bond donors (Lipinski definition) is 2. The number of hydrogen-bond acceptors (Lipinski definition) is 2. The van der Waals surface area contributed by atoms with Gasteiger partial charge in [-0.3, -0.25) is 0 Å². The van der Waals surface area contributed by atoms with Crippen LogP contribution in [0.4, 0.5) is 5.69 Å². The van der Waals surface area contributed by atoms with E-state index in [1.165, 1.54) is 11.3 Å². The van der Waals surface area contributed by atoms with Crippen LogP contribution in [0, 0.1) is 6.92 Å². The van der Waals surface area contributed by atoms with E-state index in [2.05, 4.69) is 12.2 Å². The molecule has 0 aromatic heterocycles. The predicted octanol–water partition coefficient (Wildman–Crippen LogP) is 2.06. The first-order valence-corrected chi connectivity index (χ1v) is 4.26. The van der Waals surface area contributed by atoms with Crippen LogP contribution >= 0.6 is 0 Å². The molecule has 0 radical (unpaired) electrons. The van der Waals surface area contributed by atoms with Crippen molar-refractivity contribution < 1.29 is 5.11 Å². The van der Waals surface area contributed by atoms with Crippen LogP contribution in [0.3, 0.4) is 0 Å². The van der Waals surface area contributed by atoms with Crippen molar-refractivity contribution in [1.82, 2.24) is 0 Å². The summed E-state index contributed by atoms with van der Waals surface area (Å²) in [6, 6.07) is 4.37. The summed E-state index contributed by atoms with van der Waals surface area (Å²) in [4.78, 5) is 0. The van der Waals surface area contributed by atoms with E-state index < -0.39 is 0 Å². The van der Waals surface area contributed by atoms with Crippen LogP contribution in [0.5, 0.6) is 5.75 Å². The summed E-state index contributed by atoms with van der Waals surface area (Å²) in [5, 5.41) is 12.8. The van der Waals surface area contributed by atoms with Crippen molar-refractivity contribution in [3.63, 3.8) is 0 Å². The predicted molar refractivity (Wildman–Crippen MR) is 49.6 cm³/mol. The molecule has 0 fully saturated rings. The number of anilines is 1. The van der Waals surface area contributed by atoms with Gasteiger partial charge in [-0.15, -0.1) is 0 Å². The van der Waals surface area contributed by atoms with Crippen molar-refractivity contribution in [1.29, 1.82) is 0 Å². The second kappa shape index (κ2) is 2.41. The Morgan fingerprint density at radius 1 is 1.50 bits per heavy atom. The Bertz CT molecular complexity index is 289. The molecule has 2 heteroatoms. The van der Waals surface area contributed by atoms with Gasteiger partial charge in [0.05, 0.1) is 0 Å². The van der Waals surface area contributed by atoms with E-state index in [0.717, 1.165) is 12.0 Å². The highest BCUT2D eigenvalue weighted by molar-refractivity contribution is 5.61. The number of fused-ring (bicyclic) bond motifs is 1. The molecule has 1 heterocycles. The van der Waals surface area contributed by atoms with Crippen LogP contribution in [0.2, 0.25) is 0 Å². The Labute approximate surface area is 72.2 Å². The van der Waals surface area contributed by atoms with Gasteiger partial charge < -0.3 is 10.4 Å². The molecule has 2 nitrogen and oxygen atoms in total. The van der Waals surface area contributed by atoms with Crippen molar-refractivity contribution >= 4 is 5.69 Å². The zero-order chi connectivity index (χ0) is 8.72. The van der Waals surface area contributed by atoms with Gasteiger partial charge in [0.15, 0.2) is 0 Å². The Morgan fingerprint density at radius 3 is 3.00 bits per heavy atom. The molecule has 0 spiro atoms. The van der Waals surface area contributed by atoms with Crippen LogP contribution in [0.25, 0.3) is 0 Å². The minimum Gasteiger partial charge on any atom is -0.508 e. The molecule has 1 unspecified atom stereocenters. The first-order chi connectivity index (χ1) is 5.66. The van der Waals surface area contributed by atoms with E-state index in [1.54, 1.807) is 0 Å². The Morgan fingerprint density at radius 2 is 2.25 bits per heavy atom. The van der Waals surface area contributed by atoms with E-state index >= 15 is 0 Å². The molecular weight excluding hydrogens is 150 g/mol. The first kappa shape index (κ1) is 7.47. The van der Waals surface area contributed by atoms with Gasteiger partial charge in [0.1, 0.15) is 5.75 Å². The summed E-state index contributed by atoms with van der Waals surface area (Å²) >= 11 is 0. The molecule has 0 saturated carbocycles. The highest BCUT2D eigenvalue weighted by atomic mass is 16.3. The number of benzene rings is 1. The molecule has 2 rings (SSSR count). The lowest BCUT2D eigenvalue weighted by Gasteiger charge is -2.04. The van der Waals surface area contributed by atoms with Gasteiger partial charge in [-0.2, -0.15) is 0 Å². The van der Waals surface area contributed by atoms with Crippen LogP contribution in [-0.4, -0.2) is 11.1 Å². The number of aryl methyl sites for hydroxylation is 1. The largest absolute Gasteiger partial charge is 0.508 e. The van der Waals surface area contributed by atoms with Gasteiger partial charge in [0.25, 0.3) is 0 Å². The van der Waals surface area contributed by atoms with Crippen LogP contribution < -0.4 is 5.32 Å². The molecule has 1 aromatic rings. The van der Waals surface area contributed by atoms with Crippen LogP contribution in [-0.2, 0) is 6.42 Å². The minimum absolute atomic E-state index is 0.407. The van der Waals surface area contributed by atoms with Crippen molar-refractivity contribution in [2.75, 3.05) is 5.32 Å². The summed E-state index contributed by atoms with van der Waals surface area (Å²) in [5.41, 5.74) is 3.35. The maximum absolute atomic E-state index is 9.44. The fourth-order valence-corrected chi connectivity index (χ4v) is 1.69. The Hall–Kier alpha value is -1.18. The summed E-state index contributed by atoms with van der Waals surface area (Å²) in [6.45, 7) is 4.06. The van der Waals surface area contributed by atoms with E-state index in [4.69, 9.17) is 0 Å². The number of phenols is 1. The van der Waals surface area contributed by atoms with Gasteiger partial charge in [-0.1, -0.05) is 0 Å². The molecule has 12 heavy (non-hydrogen) atoms. The number of phenolic OH excluding ortho intramolecular Hbond substituents is 1. The highest BCUT2D eigenvalue weighted by Gasteiger charge is 2.17. The standard InChI is InChI=1S/C10H13NO/c1-6-3-9-8(5-10(6)12)4-7(2)11-9/h3,5,7,11-12H,4H2,1-2H3. The summed E-state index contributed by atoms with van der Waals surface area (Å²) in [5.74, 6) is 0.407. The Balaban J connectivity index is 2.48. The van der Waals surface area contributed by atoms with Gasteiger partial charge in [-0.25, -0.2) is 0 Å². The minimum atomic E-state index is 0.407. The van der Waals surface area contributed by atoms with Gasteiger partial charge >= 0.3 is 0 Å². The van der Waals surface area contributed by atoms with Crippen molar-refractivity contribution in [3.05, 3.63) is 23.3 Å². The zero-order valence-corrected chi connectivity index (χ0v) is 7.39. The fraction of sp³-hybridized carbons (Fsp3) is 0.400. The lowest BCUT2D eigenvalue weighted by Crippen LogP contribution is -2.08.